The van der Waals surface area contributed by atoms with Crippen molar-refractivity contribution >= 4 is 50.5 Å². The summed E-state index contributed by atoms with van der Waals surface area (Å²) in [6.45, 7) is 2.83. The van der Waals surface area contributed by atoms with Gasteiger partial charge < -0.3 is 10.3 Å². The minimum Gasteiger partial charge on any atom is -0.360 e. The molecular weight excluding hydrogens is 398 g/mol. The average Bonchev–Trinajstić information content (AvgIpc) is 3.34. The molecule has 1 atom stereocenters. The van der Waals surface area contributed by atoms with E-state index >= 15 is 0 Å². The number of H-pyrrole nitrogens is 1. The Hall–Kier alpha value is -2.23. The highest BCUT2D eigenvalue weighted by Crippen LogP contribution is 2.36. The molecule has 6 nitrogen and oxygen atoms in total. The average molecular weight is 416 g/mol. The number of thiophene rings is 1. The molecule has 138 valence electrons. The first-order valence-electron chi connectivity index (χ1n) is 8.44. The molecular formula is C18H17N5OS3. The Bertz CT molecular complexity index is 1090. The van der Waals surface area contributed by atoms with Crippen molar-refractivity contribution in [3.63, 3.8) is 0 Å². The number of aromatic amines is 1. The molecule has 9 heteroatoms. The van der Waals surface area contributed by atoms with Crippen LogP contribution in [0.5, 0.6) is 0 Å². The summed E-state index contributed by atoms with van der Waals surface area (Å²) in [5.41, 5.74) is 0.591. The van der Waals surface area contributed by atoms with Gasteiger partial charge in [-0.05, 0) is 36.9 Å². The lowest BCUT2D eigenvalue weighted by Gasteiger charge is -2.08. The molecule has 0 radical (unpaired) electrons. The van der Waals surface area contributed by atoms with Crippen LogP contribution in [0, 0.1) is 0 Å². The lowest BCUT2D eigenvalue weighted by Crippen LogP contribution is -2.12. The monoisotopic (exact) mass is 415 g/mol. The van der Waals surface area contributed by atoms with Crippen LogP contribution < -0.4 is 10.9 Å². The van der Waals surface area contributed by atoms with Crippen LogP contribution >= 0.6 is 34.4 Å². The second-order valence-electron chi connectivity index (χ2n) is 5.86. The van der Waals surface area contributed by atoms with Crippen molar-refractivity contribution in [1.82, 2.24) is 20.2 Å². The Balaban J connectivity index is 1.40. The van der Waals surface area contributed by atoms with E-state index in [1.165, 1.54) is 16.2 Å². The number of hydrogen-bond donors (Lipinski definition) is 2. The van der Waals surface area contributed by atoms with Crippen molar-refractivity contribution < 1.29 is 0 Å². The zero-order valence-corrected chi connectivity index (χ0v) is 17.0. The maximum atomic E-state index is 12.2. The van der Waals surface area contributed by atoms with Gasteiger partial charge in [-0.3, -0.25) is 4.79 Å². The SMILES string of the molecule is C[C@H](Sc1nnc(NCCc2cccs2)s1)c1nc2ccccc2c(=O)[nH]1. The van der Waals surface area contributed by atoms with Crippen molar-refractivity contribution in [3.05, 3.63) is 62.8 Å². The molecule has 0 bridgehead atoms. The Kier molecular flexibility index (Phi) is 5.51. The normalized spacial score (nSPS) is 12.3. The molecule has 0 unspecified atom stereocenters. The summed E-state index contributed by atoms with van der Waals surface area (Å²) >= 11 is 4.81. The van der Waals surface area contributed by atoms with Crippen LogP contribution in [0.25, 0.3) is 10.9 Å². The van der Waals surface area contributed by atoms with Crippen molar-refractivity contribution in [2.24, 2.45) is 0 Å². The molecule has 4 aromatic rings. The summed E-state index contributed by atoms with van der Waals surface area (Å²) in [6.07, 6.45) is 0.971. The fourth-order valence-electron chi connectivity index (χ4n) is 2.58. The first-order valence-corrected chi connectivity index (χ1v) is 11.0. The van der Waals surface area contributed by atoms with Crippen LogP contribution in [0.4, 0.5) is 5.13 Å². The summed E-state index contributed by atoms with van der Waals surface area (Å²) in [5.74, 6) is 0.645. The van der Waals surface area contributed by atoms with Crippen LogP contribution in [0.15, 0.2) is 50.9 Å². The van der Waals surface area contributed by atoms with E-state index in [-0.39, 0.29) is 10.8 Å². The van der Waals surface area contributed by atoms with Crippen LogP contribution in [-0.2, 0) is 6.42 Å². The van der Waals surface area contributed by atoms with Crippen LogP contribution in [0.3, 0.4) is 0 Å². The van der Waals surface area contributed by atoms with Gasteiger partial charge in [-0.25, -0.2) is 4.98 Å². The van der Waals surface area contributed by atoms with Crippen LogP contribution in [-0.4, -0.2) is 26.7 Å². The van der Waals surface area contributed by atoms with Crippen molar-refractivity contribution in [1.29, 1.82) is 0 Å². The first-order chi connectivity index (χ1) is 13.2. The molecule has 0 saturated heterocycles. The topological polar surface area (TPSA) is 83.6 Å². The molecule has 1 aromatic carbocycles. The van der Waals surface area contributed by atoms with E-state index in [0.717, 1.165) is 22.4 Å². The van der Waals surface area contributed by atoms with E-state index in [4.69, 9.17) is 0 Å². The highest BCUT2D eigenvalue weighted by molar-refractivity contribution is 8.01. The molecule has 4 rings (SSSR count). The molecule has 0 spiro atoms. The fraction of sp³-hybridized carbons (Fsp3) is 0.222. The largest absolute Gasteiger partial charge is 0.360 e. The van der Waals surface area contributed by atoms with Crippen LogP contribution in [0.1, 0.15) is 22.9 Å². The molecule has 2 N–H and O–H groups in total. The number of aromatic nitrogens is 4. The minimum absolute atomic E-state index is 0.0331. The Morgan fingerprint density at radius 1 is 1.22 bits per heavy atom. The molecule has 0 saturated carbocycles. The van der Waals surface area contributed by atoms with Gasteiger partial charge in [-0.1, -0.05) is 41.3 Å². The zero-order chi connectivity index (χ0) is 18.6. The van der Waals surface area contributed by atoms with Crippen LogP contribution in [0.2, 0.25) is 0 Å². The number of nitrogens with one attached hydrogen (secondary N) is 2. The van der Waals surface area contributed by atoms with E-state index < -0.39 is 0 Å². The highest BCUT2D eigenvalue weighted by atomic mass is 32.2. The number of nitrogens with zero attached hydrogens (tertiary/aromatic N) is 3. The van der Waals surface area contributed by atoms with E-state index in [2.05, 4.69) is 43.0 Å². The first kappa shape index (κ1) is 18.1. The maximum Gasteiger partial charge on any atom is 0.258 e. The highest BCUT2D eigenvalue weighted by Gasteiger charge is 2.15. The predicted octanol–water partition coefficient (Wildman–Crippen LogP) is 4.34. The Morgan fingerprint density at radius 2 is 2.11 bits per heavy atom. The third kappa shape index (κ3) is 4.37. The van der Waals surface area contributed by atoms with Gasteiger partial charge in [0, 0.05) is 11.4 Å². The summed E-state index contributed by atoms with van der Waals surface area (Å²) in [6, 6.07) is 11.5. The molecule has 3 aromatic heterocycles. The van der Waals surface area contributed by atoms with Gasteiger partial charge in [0.05, 0.1) is 16.2 Å². The second-order valence-corrected chi connectivity index (χ2v) is 9.46. The van der Waals surface area contributed by atoms with Gasteiger partial charge in [-0.2, -0.15) is 0 Å². The Labute approximate surface area is 168 Å². The van der Waals surface area contributed by atoms with E-state index in [1.807, 2.05) is 25.1 Å². The lowest BCUT2D eigenvalue weighted by molar-refractivity contribution is 0.916. The third-order valence-electron chi connectivity index (χ3n) is 3.93. The number of para-hydroxylation sites is 1. The van der Waals surface area contributed by atoms with Gasteiger partial charge in [-0.15, -0.1) is 21.5 Å². The minimum atomic E-state index is -0.115. The molecule has 0 aliphatic heterocycles. The number of thioether (sulfide) groups is 1. The van der Waals surface area contributed by atoms with Gasteiger partial charge in [0.25, 0.3) is 5.56 Å². The standard InChI is InChI=1S/C18H17N5OS3/c1-11(15-20-14-7-3-2-6-13(14)16(24)21-15)26-18-23-22-17(27-18)19-9-8-12-5-4-10-25-12/h2-7,10-11H,8-9H2,1H3,(H,19,22)(H,20,21,24)/t11-/m0/s1. The molecule has 0 amide bonds. The van der Waals surface area contributed by atoms with E-state index in [0.29, 0.717) is 16.7 Å². The number of anilines is 1. The maximum absolute atomic E-state index is 12.2. The van der Waals surface area contributed by atoms with E-state index in [9.17, 15) is 4.79 Å². The van der Waals surface area contributed by atoms with Crippen molar-refractivity contribution in [2.45, 2.75) is 22.9 Å². The van der Waals surface area contributed by atoms with Gasteiger partial charge >= 0.3 is 0 Å². The van der Waals surface area contributed by atoms with Crippen molar-refractivity contribution in [3.8, 4) is 0 Å². The summed E-state index contributed by atoms with van der Waals surface area (Å²) in [5, 5.41) is 15.2. The van der Waals surface area contributed by atoms with Gasteiger partial charge in [0.1, 0.15) is 5.82 Å². The molecule has 3 heterocycles. The predicted molar refractivity (Wildman–Crippen MR) is 113 cm³/mol. The fourth-order valence-corrected chi connectivity index (χ4v) is 5.27. The molecule has 0 aliphatic carbocycles. The summed E-state index contributed by atoms with van der Waals surface area (Å²) in [4.78, 5) is 21.0. The zero-order valence-electron chi connectivity index (χ0n) is 14.5. The molecule has 0 aliphatic rings. The smallest absolute Gasteiger partial charge is 0.258 e. The molecule has 0 fully saturated rings. The molecule has 27 heavy (non-hydrogen) atoms. The lowest BCUT2D eigenvalue weighted by atomic mass is 10.2. The van der Waals surface area contributed by atoms with Crippen molar-refractivity contribution in [2.75, 3.05) is 11.9 Å². The summed E-state index contributed by atoms with van der Waals surface area (Å²) < 4.78 is 0.844. The number of rotatable bonds is 7. The quantitative estimate of drug-likeness (QED) is 0.437. The number of benzene rings is 1. The number of fused-ring (bicyclic) bond motifs is 1. The summed E-state index contributed by atoms with van der Waals surface area (Å²) in [7, 11) is 0. The Morgan fingerprint density at radius 3 is 2.96 bits per heavy atom. The van der Waals surface area contributed by atoms with Gasteiger partial charge in [0.2, 0.25) is 5.13 Å². The van der Waals surface area contributed by atoms with E-state index in [1.54, 1.807) is 29.2 Å². The number of hydrogen-bond acceptors (Lipinski definition) is 8. The second kappa shape index (κ2) is 8.20. The third-order valence-corrected chi connectivity index (χ3v) is 6.94. The van der Waals surface area contributed by atoms with Gasteiger partial charge in [0.15, 0.2) is 4.34 Å².